The molecule has 2 N–H and O–H groups in total. The van der Waals surface area contributed by atoms with Crippen LogP contribution in [-0.4, -0.2) is 68.2 Å². The molecule has 0 spiro atoms. The van der Waals surface area contributed by atoms with Crippen molar-refractivity contribution in [2.45, 2.75) is 19.3 Å². The number of carbonyl (C=O) groups excluding carboxylic acids is 1. The van der Waals surface area contributed by atoms with Crippen LogP contribution in [0.4, 0.5) is 29.1 Å². The van der Waals surface area contributed by atoms with Gasteiger partial charge in [-0.15, -0.1) is 0 Å². The Morgan fingerprint density at radius 2 is 1.84 bits per heavy atom. The molecule has 44 heavy (non-hydrogen) atoms. The number of ether oxygens (including phenoxy) is 2. The fourth-order valence-corrected chi connectivity index (χ4v) is 4.81. The zero-order valence-electron chi connectivity index (χ0n) is 23.3. The second-order valence-corrected chi connectivity index (χ2v) is 10.0. The van der Waals surface area contributed by atoms with E-state index in [1.807, 2.05) is 0 Å². The topological polar surface area (TPSA) is 118 Å². The van der Waals surface area contributed by atoms with Gasteiger partial charge in [0.05, 0.1) is 31.4 Å². The van der Waals surface area contributed by atoms with Crippen molar-refractivity contribution < 1.29 is 31.8 Å². The number of nitrogens with one attached hydrogen (secondary N) is 2. The summed E-state index contributed by atoms with van der Waals surface area (Å²) in [5.41, 5.74) is 1.93. The largest absolute Gasteiger partial charge is 0.494 e. The van der Waals surface area contributed by atoms with Gasteiger partial charge < -0.3 is 19.7 Å². The highest BCUT2D eigenvalue weighted by atomic mass is 19.3. The lowest BCUT2D eigenvalue weighted by atomic mass is 9.99. The first-order chi connectivity index (χ1) is 21.2. The van der Waals surface area contributed by atoms with Gasteiger partial charge in [0.15, 0.2) is 24.0 Å². The first-order valence-electron chi connectivity index (χ1n) is 13.6. The van der Waals surface area contributed by atoms with Gasteiger partial charge >= 0.3 is 0 Å². The molecule has 4 heterocycles. The number of H-pyrrole nitrogens is 1. The number of hydrogen-bond donors (Lipinski definition) is 2. The number of aromatic amines is 1. The minimum atomic E-state index is -2.90. The Morgan fingerprint density at radius 3 is 2.55 bits per heavy atom. The molecule has 6 rings (SSSR count). The maximum absolute atomic E-state index is 15.0. The maximum Gasteiger partial charge on any atom is 0.282 e. The molecule has 0 atom stereocenters. The zero-order chi connectivity index (χ0) is 30.8. The number of fused-ring (bicyclic) bond motifs is 1. The van der Waals surface area contributed by atoms with Crippen LogP contribution in [0.1, 0.15) is 18.1 Å². The molecular weight excluding hydrogens is 582 g/mol. The van der Waals surface area contributed by atoms with E-state index < -0.39 is 43.2 Å². The van der Waals surface area contributed by atoms with Gasteiger partial charge in [0.2, 0.25) is 0 Å². The van der Waals surface area contributed by atoms with Crippen molar-refractivity contribution in [2.24, 2.45) is 0 Å². The number of halogens is 4. The van der Waals surface area contributed by atoms with Crippen molar-refractivity contribution in [3.05, 3.63) is 83.8 Å². The Balaban J connectivity index is 1.33. The first-order valence-corrected chi connectivity index (χ1v) is 13.6. The molecule has 1 fully saturated rings. The molecule has 0 saturated carbocycles. The van der Waals surface area contributed by atoms with Gasteiger partial charge in [0.1, 0.15) is 23.1 Å². The van der Waals surface area contributed by atoms with Crippen LogP contribution in [0.25, 0.3) is 22.4 Å². The molecule has 14 heteroatoms. The van der Waals surface area contributed by atoms with E-state index in [0.717, 1.165) is 17.0 Å². The minimum Gasteiger partial charge on any atom is -0.494 e. The molecule has 2 aromatic carbocycles. The number of alkyl halides is 2. The highest BCUT2D eigenvalue weighted by Crippen LogP contribution is 2.34. The number of pyridine rings is 1. The van der Waals surface area contributed by atoms with Gasteiger partial charge in [-0.3, -0.25) is 14.9 Å². The lowest BCUT2D eigenvalue weighted by molar-refractivity contribution is -0.167. The quantitative estimate of drug-likeness (QED) is 0.206. The van der Waals surface area contributed by atoms with E-state index in [0.29, 0.717) is 27.8 Å². The second kappa shape index (κ2) is 11.8. The van der Waals surface area contributed by atoms with E-state index in [-0.39, 0.29) is 41.7 Å². The predicted octanol–water partition coefficient (Wildman–Crippen LogP) is 5.28. The van der Waals surface area contributed by atoms with E-state index in [2.05, 4.69) is 30.5 Å². The summed E-state index contributed by atoms with van der Waals surface area (Å²) >= 11 is 0. The summed E-state index contributed by atoms with van der Waals surface area (Å²) in [6, 6.07) is 10.9. The van der Waals surface area contributed by atoms with E-state index in [9.17, 15) is 22.4 Å². The number of amides is 1. The van der Waals surface area contributed by atoms with E-state index in [1.54, 1.807) is 49.6 Å². The summed E-state index contributed by atoms with van der Waals surface area (Å²) in [5, 5.41) is 11.0. The van der Waals surface area contributed by atoms with Crippen LogP contribution < -0.4 is 14.8 Å². The van der Waals surface area contributed by atoms with Crippen LogP contribution in [-0.2, 0) is 11.2 Å². The Kier molecular flexibility index (Phi) is 7.72. The normalized spacial score (nSPS) is 13.9. The molecule has 1 saturated heterocycles. The second-order valence-electron chi connectivity index (χ2n) is 10.0. The molecule has 0 radical (unpaired) electrons. The fourth-order valence-electron chi connectivity index (χ4n) is 4.81. The number of anilines is 2. The smallest absolute Gasteiger partial charge is 0.282 e. The van der Waals surface area contributed by atoms with Crippen LogP contribution in [0.5, 0.6) is 11.5 Å². The highest BCUT2D eigenvalue weighted by Gasteiger charge is 2.46. The molecule has 1 aliphatic rings. The van der Waals surface area contributed by atoms with Crippen LogP contribution >= 0.6 is 0 Å². The summed E-state index contributed by atoms with van der Waals surface area (Å²) in [4.78, 5) is 26.3. The number of hydrogen-bond acceptors (Lipinski definition) is 8. The van der Waals surface area contributed by atoms with Crippen LogP contribution in [0.2, 0.25) is 0 Å². The van der Waals surface area contributed by atoms with E-state index in [1.165, 1.54) is 6.20 Å². The average Bonchev–Trinajstić information content (AvgIpc) is 3.43. The van der Waals surface area contributed by atoms with Crippen molar-refractivity contribution in [3.8, 4) is 23.0 Å². The lowest BCUT2D eigenvalue weighted by Crippen LogP contribution is -2.59. The third-order valence-electron chi connectivity index (χ3n) is 6.93. The van der Waals surface area contributed by atoms with Crippen molar-refractivity contribution in [1.29, 1.82) is 0 Å². The van der Waals surface area contributed by atoms with Crippen LogP contribution in [0.3, 0.4) is 0 Å². The average molecular weight is 608 g/mol. The predicted molar refractivity (Wildman–Crippen MR) is 152 cm³/mol. The Hall–Kier alpha value is -5.27. The van der Waals surface area contributed by atoms with Gasteiger partial charge in [-0.1, -0.05) is 12.1 Å². The number of nitrogens with zero attached hydrogens (tertiary/aromatic N) is 5. The number of rotatable bonds is 10. The van der Waals surface area contributed by atoms with Gasteiger partial charge in [-0.05, 0) is 30.7 Å². The zero-order valence-corrected chi connectivity index (χ0v) is 23.3. The standard InChI is InChI=1S/C30H25F4N7O3/c1-2-43-19-11-21(31)20(22(32)12-19)10-17-4-3-5-23-26(17)27(40-39-23)29-36-13-24(28(38-29)37-18-6-8-35-9-7-18)44-14-25(42)41-15-30(33,34)16-41/h3-9,11-13H,2,10,14-16H2,1H3,(H,39,40)(H,35,36,37,38). The van der Waals surface area contributed by atoms with Crippen LogP contribution in [0, 0.1) is 11.6 Å². The van der Waals surface area contributed by atoms with E-state index in [4.69, 9.17) is 9.47 Å². The molecule has 226 valence electrons. The molecular formula is C30H25F4N7O3. The first kappa shape index (κ1) is 28.8. The summed E-state index contributed by atoms with van der Waals surface area (Å²) in [7, 11) is 0. The summed E-state index contributed by atoms with van der Waals surface area (Å²) in [6.07, 6.45) is 4.37. The van der Waals surface area contributed by atoms with Crippen molar-refractivity contribution in [3.63, 3.8) is 0 Å². The van der Waals surface area contributed by atoms with Crippen molar-refractivity contribution >= 4 is 28.3 Å². The maximum atomic E-state index is 15.0. The third kappa shape index (κ3) is 5.96. The van der Waals surface area contributed by atoms with Gasteiger partial charge in [0, 0.05) is 47.6 Å². The summed E-state index contributed by atoms with van der Waals surface area (Å²) in [6.45, 7) is 0.168. The van der Waals surface area contributed by atoms with E-state index >= 15 is 0 Å². The Labute approximate surface area is 248 Å². The molecule has 0 aliphatic carbocycles. The number of carbonyl (C=O) groups is 1. The van der Waals surface area contributed by atoms with Gasteiger partial charge in [-0.25, -0.2) is 27.5 Å². The van der Waals surface area contributed by atoms with Crippen LogP contribution in [0.15, 0.2) is 61.1 Å². The Bertz CT molecular complexity index is 1800. The molecule has 0 bridgehead atoms. The van der Waals surface area contributed by atoms with Gasteiger partial charge in [-0.2, -0.15) is 5.10 Å². The molecule has 1 amide bonds. The highest BCUT2D eigenvalue weighted by molar-refractivity contribution is 5.94. The molecule has 3 aromatic heterocycles. The Morgan fingerprint density at radius 1 is 1.09 bits per heavy atom. The SMILES string of the molecule is CCOc1cc(F)c(Cc2cccc3[nH]nc(-c4ncc(OCC(=O)N5CC(F)(F)C5)c(Nc5ccncc5)n4)c23)c(F)c1. The minimum absolute atomic E-state index is 0.0878. The lowest BCUT2D eigenvalue weighted by Gasteiger charge is -2.38. The molecule has 0 unspecified atom stereocenters. The third-order valence-corrected chi connectivity index (χ3v) is 6.93. The summed E-state index contributed by atoms with van der Waals surface area (Å²) < 4.78 is 67.3. The molecule has 5 aromatic rings. The molecule has 1 aliphatic heterocycles. The molecule has 10 nitrogen and oxygen atoms in total. The van der Waals surface area contributed by atoms with Gasteiger partial charge in [0.25, 0.3) is 11.8 Å². The fraction of sp³-hybridized carbons (Fsp3) is 0.233. The summed E-state index contributed by atoms with van der Waals surface area (Å²) in [5.74, 6) is -4.49. The monoisotopic (exact) mass is 607 g/mol. The van der Waals surface area contributed by atoms with Crippen molar-refractivity contribution in [1.82, 2.24) is 30.0 Å². The van der Waals surface area contributed by atoms with Crippen molar-refractivity contribution in [2.75, 3.05) is 31.6 Å². The number of aromatic nitrogens is 5. The number of likely N-dealkylation sites (tertiary alicyclic amines) is 1. The number of benzene rings is 2.